The predicted octanol–water partition coefficient (Wildman–Crippen LogP) is 4.62. The van der Waals surface area contributed by atoms with Crippen molar-refractivity contribution in [1.82, 2.24) is 5.43 Å². The van der Waals surface area contributed by atoms with Crippen LogP contribution in [0.15, 0.2) is 90.0 Å². The summed E-state index contributed by atoms with van der Waals surface area (Å²) in [5, 5.41) is 3.95. The molecule has 5 heteroatoms. The summed E-state index contributed by atoms with van der Waals surface area (Å²) in [6.07, 6.45) is 2.87. The van der Waals surface area contributed by atoms with Gasteiger partial charge in [-0.1, -0.05) is 72.8 Å². The van der Waals surface area contributed by atoms with Gasteiger partial charge in [0.1, 0.15) is 12.4 Å². The van der Waals surface area contributed by atoms with E-state index in [0.717, 1.165) is 22.4 Å². The normalized spacial score (nSPS) is 17.9. The maximum absolute atomic E-state index is 12.9. The fourth-order valence-corrected chi connectivity index (χ4v) is 3.74. The van der Waals surface area contributed by atoms with Crippen LogP contribution >= 0.6 is 0 Å². The van der Waals surface area contributed by atoms with Gasteiger partial charge in [-0.25, -0.2) is 5.43 Å². The van der Waals surface area contributed by atoms with E-state index in [-0.39, 0.29) is 5.91 Å². The molecule has 1 amide bonds. The first-order valence-electron chi connectivity index (χ1n) is 10.5. The first-order chi connectivity index (χ1) is 15.3. The van der Waals surface area contributed by atoms with E-state index in [1.165, 1.54) is 0 Å². The Labute approximate surface area is 182 Å². The van der Waals surface area contributed by atoms with Crippen LogP contribution in [-0.4, -0.2) is 18.7 Å². The molecule has 0 aromatic heterocycles. The summed E-state index contributed by atoms with van der Waals surface area (Å²) in [4.78, 5) is 12.9. The van der Waals surface area contributed by atoms with E-state index in [1.54, 1.807) is 6.21 Å². The Morgan fingerprint density at radius 1 is 0.839 bits per heavy atom. The van der Waals surface area contributed by atoms with Gasteiger partial charge in [0.2, 0.25) is 0 Å². The summed E-state index contributed by atoms with van der Waals surface area (Å²) in [5.41, 5.74) is 5.10. The third-order valence-electron chi connectivity index (χ3n) is 5.57. The smallest absolute Gasteiger partial charge is 0.251 e. The highest BCUT2D eigenvalue weighted by molar-refractivity contribution is 5.93. The molecule has 0 aliphatic carbocycles. The van der Waals surface area contributed by atoms with Gasteiger partial charge in [-0.15, -0.1) is 0 Å². The van der Waals surface area contributed by atoms with E-state index < -0.39 is 5.41 Å². The zero-order valence-electron chi connectivity index (χ0n) is 17.4. The van der Waals surface area contributed by atoms with Gasteiger partial charge in [-0.05, 0) is 35.2 Å². The Morgan fingerprint density at radius 3 is 2.13 bits per heavy atom. The van der Waals surface area contributed by atoms with Gasteiger partial charge in [0.25, 0.3) is 5.91 Å². The molecule has 4 rings (SSSR count). The summed E-state index contributed by atoms with van der Waals surface area (Å²) >= 11 is 0. The molecule has 1 unspecified atom stereocenters. The molecule has 1 aliphatic heterocycles. The minimum Gasteiger partial charge on any atom is -0.489 e. The summed E-state index contributed by atoms with van der Waals surface area (Å²) in [7, 11) is 0. The molecule has 0 spiro atoms. The van der Waals surface area contributed by atoms with Gasteiger partial charge in [0.05, 0.1) is 12.0 Å². The van der Waals surface area contributed by atoms with Gasteiger partial charge >= 0.3 is 0 Å². The van der Waals surface area contributed by atoms with E-state index in [2.05, 4.69) is 10.5 Å². The summed E-state index contributed by atoms with van der Waals surface area (Å²) < 4.78 is 11.8. The SMILES string of the molecule is O=C1NN=CCC1(CCOCc1ccccc1)c1ccc(OCc2ccccc2)cc1. The minimum atomic E-state index is -0.698. The van der Waals surface area contributed by atoms with E-state index in [1.807, 2.05) is 84.9 Å². The van der Waals surface area contributed by atoms with Crippen LogP contribution in [-0.2, 0) is 28.2 Å². The molecule has 5 nitrogen and oxygen atoms in total. The molecule has 0 radical (unpaired) electrons. The predicted molar refractivity (Wildman–Crippen MR) is 121 cm³/mol. The number of hydrazone groups is 1. The van der Waals surface area contributed by atoms with Gasteiger partial charge in [0, 0.05) is 19.2 Å². The van der Waals surface area contributed by atoms with Crippen molar-refractivity contribution >= 4 is 12.1 Å². The van der Waals surface area contributed by atoms with Crippen LogP contribution in [0.3, 0.4) is 0 Å². The lowest BCUT2D eigenvalue weighted by Gasteiger charge is -2.33. The molecule has 31 heavy (non-hydrogen) atoms. The van der Waals surface area contributed by atoms with Gasteiger partial charge in [-0.2, -0.15) is 5.10 Å². The zero-order valence-corrected chi connectivity index (χ0v) is 17.4. The van der Waals surface area contributed by atoms with Crippen LogP contribution in [0.5, 0.6) is 5.75 Å². The maximum Gasteiger partial charge on any atom is 0.251 e. The van der Waals surface area contributed by atoms with Crippen molar-refractivity contribution in [1.29, 1.82) is 0 Å². The molecule has 0 saturated heterocycles. The summed E-state index contributed by atoms with van der Waals surface area (Å²) in [6, 6.07) is 27.9. The third kappa shape index (κ3) is 5.19. The van der Waals surface area contributed by atoms with E-state index in [4.69, 9.17) is 9.47 Å². The lowest BCUT2D eigenvalue weighted by Crippen LogP contribution is -2.46. The molecule has 0 fully saturated rings. The number of nitrogens with one attached hydrogen (secondary N) is 1. The highest BCUT2D eigenvalue weighted by Crippen LogP contribution is 2.34. The Balaban J connectivity index is 1.41. The second kappa shape index (κ2) is 10.0. The maximum atomic E-state index is 12.9. The van der Waals surface area contributed by atoms with Crippen LogP contribution in [0.2, 0.25) is 0 Å². The second-order valence-electron chi connectivity index (χ2n) is 7.63. The van der Waals surface area contributed by atoms with Crippen molar-refractivity contribution in [3.05, 3.63) is 102 Å². The molecule has 3 aromatic rings. The molecule has 1 heterocycles. The lowest BCUT2D eigenvalue weighted by atomic mass is 9.74. The molecule has 0 bridgehead atoms. The monoisotopic (exact) mass is 414 g/mol. The zero-order chi connectivity index (χ0) is 21.4. The number of benzene rings is 3. The Morgan fingerprint density at radius 2 is 1.48 bits per heavy atom. The largest absolute Gasteiger partial charge is 0.489 e. The quantitative estimate of drug-likeness (QED) is 0.520. The average molecular weight is 415 g/mol. The minimum absolute atomic E-state index is 0.101. The third-order valence-corrected chi connectivity index (χ3v) is 5.57. The molecule has 158 valence electrons. The number of ether oxygens (including phenoxy) is 2. The van der Waals surface area contributed by atoms with Crippen LogP contribution in [0.25, 0.3) is 0 Å². The Kier molecular flexibility index (Phi) is 6.75. The van der Waals surface area contributed by atoms with Crippen molar-refractivity contribution in [2.45, 2.75) is 31.5 Å². The van der Waals surface area contributed by atoms with Crippen molar-refractivity contribution in [3.63, 3.8) is 0 Å². The lowest BCUT2D eigenvalue weighted by molar-refractivity contribution is -0.128. The van der Waals surface area contributed by atoms with Crippen LogP contribution < -0.4 is 10.2 Å². The van der Waals surface area contributed by atoms with E-state index in [0.29, 0.717) is 32.7 Å². The number of hydrogen-bond donors (Lipinski definition) is 1. The number of amides is 1. The highest BCUT2D eigenvalue weighted by Gasteiger charge is 2.41. The van der Waals surface area contributed by atoms with Crippen molar-refractivity contribution < 1.29 is 14.3 Å². The molecular weight excluding hydrogens is 388 g/mol. The van der Waals surface area contributed by atoms with E-state index >= 15 is 0 Å². The first-order valence-corrected chi connectivity index (χ1v) is 10.5. The number of carbonyl (C=O) groups is 1. The average Bonchev–Trinajstić information content (AvgIpc) is 2.83. The topological polar surface area (TPSA) is 59.9 Å². The summed E-state index contributed by atoms with van der Waals surface area (Å²) in [6.45, 7) is 1.51. The van der Waals surface area contributed by atoms with Gasteiger partial charge in [-0.3, -0.25) is 4.79 Å². The number of nitrogens with zero attached hydrogens (tertiary/aromatic N) is 1. The number of carbonyl (C=O) groups excluding carboxylic acids is 1. The fraction of sp³-hybridized carbons (Fsp3) is 0.231. The first kappa shape index (κ1) is 20.8. The van der Waals surface area contributed by atoms with Crippen LogP contribution in [0, 0.1) is 0 Å². The second-order valence-corrected chi connectivity index (χ2v) is 7.63. The van der Waals surface area contributed by atoms with E-state index in [9.17, 15) is 4.79 Å². The summed E-state index contributed by atoms with van der Waals surface area (Å²) in [5.74, 6) is 0.671. The fourth-order valence-electron chi connectivity index (χ4n) is 3.74. The standard InChI is InChI=1S/C26H26N2O3/c29-25-26(15-17-27-28-25,16-18-30-19-21-7-3-1-4-8-21)23-11-13-24(14-12-23)31-20-22-9-5-2-6-10-22/h1-14,17H,15-16,18-20H2,(H,28,29). The number of hydrogen-bond acceptors (Lipinski definition) is 4. The molecule has 1 aliphatic rings. The van der Waals surface area contributed by atoms with Crippen molar-refractivity contribution in [2.24, 2.45) is 5.10 Å². The van der Waals surface area contributed by atoms with Crippen molar-refractivity contribution in [2.75, 3.05) is 6.61 Å². The highest BCUT2D eigenvalue weighted by atomic mass is 16.5. The molecular formula is C26H26N2O3. The molecule has 0 saturated carbocycles. The molecule has 3 aromatic carbocycles. The van der Waals surface area contributed by atoms with Crippen LogP contribution in [0.1, 0.15) is 29.5 Å². The Hall–Kier alpha value is -3.44. The molecule has 1 N–H and O–H groups in total. The number of rotatable bonds is 9. The molecule has 1 atom stereocenters. The van der Waals surface area contributed by atoms with Gasteiger partial charge < -0.3 is 9.47 Å². The van der Waals surface area contributed by atoms with Crippen molar-refractivity contribution in [3.8, 4) is 5.75 Å². The Bertz CT molecular complexity index is 1000. The van der Waals surface area contributed by atoms with Gasteiger partial charge in [0.15, 0.2) is 0 Å². The van der Waals surface area contributed by atoms with Crippen LogP contribution in [0.4, 0.5) is 0 Å².